The van der Waals surface area contributed by atoms with E-state index >= 15 is 0 Å². The van der Waals surface area contributed by atoms with Crippen LogP contribution in [0.4, 0.5) is 5.82 Å². The van der Waals surface area contributed by atoms with Gasteiger partial charge in [0.2, 0.25) is 0 Å². The number of pyridine rings is 1. The van der Waals surface area contributed by atoms with E-state index in [1.54, 1.807) is 12.3 Å². The number of hydroxylamine groups is 1. The van der Waals surface area contributed by atoms with Crippen LogP contribution in [-0.4, -0.2) is 47.3 Å². The maximum atomic E-state index is 10.0. The van der Waals surface area contributed by atoms with Gasteiger partial charge >= 0.3 is 0 Å². The highest BCUT2D eigenvalue weighted by Gasteiger charge is 2.28. The molecule has 9 nitrogen and oxygen atoms in total. The highest BCUT2D eigenvalue weighted by Crippen LogP contribution is 2.31. The summed E-state index contributed by atoms with van der Waals surface area (Å²) in [6, 6.07) is 7.10. The van der Waals surface area contributed by atoms with Gasteiger partial charge in [-0.2, -0.15) is 5.06 Å². The molecule has 0 amide bonds. The van der Waals surface area contributed by atoms with E-state index in [0.29, 0.717) is 11.5 Å². The van der Waals surface area contributed by atoms with Gasteiger partial charge in [-0.25, -0.2) is 0 Å². The summed E-state index contributed by atoms with van der Waals surface area (Å²) in [5, 5.41) is 19.3. The van der Waals surface area contributed by atoms with Crippen LogP contribution in [0.2, 0.25) is 0 Å². The van der Waals surface area contributed by atoms with Gasteiger partial charge in [0.15, 0.2) is 23.6 Å². The number of rotatable bonds is 7. The summed E-state index contributed by atoms with van der Waals surface area (Å²) < 4.78 is 15.9. The van der Waals surface area contributed by atoms with Crippen molar-refractivity contribution in [2.45, 2.75) is 12.8 Å². The Kier molecular flexibility index (Phi) is 5.26. The molecule has 1 atom stereocenters. The van der Waals surface area contributed by atoms with E-state index in [2.05, 4.69) is 15.2 Å². The van der Waals surface area contributed by atoms with Crippen LogP contribution in [0.3, 0.4) is 0 Å². The molecule has 2 aromatic rings. The summed E-state index contributed by atoms with van der Waals surface area (Å²) in [5.74, 6) is 1.33. The lowest BCUT2D eigenvalue weighted by molar-refractivity contribution is 0.0793. The first-order chi connectivity index (χ1) is 12.2. The van der Waals surface area contributed by atoms with Crippen molar-refractivity contribution in [3.05, 3.63) is 48.0 Å². The molecule has 3 rings (SSSR count). The zero-order valence-corrected chi connectivity index (χ0v) is 13.8. The fourth-order valence-electron chi connectivity index (χ4n) is 2.18. The Hall–Kier alpha value is -2.91. The number of anilines is 1. The monoisotopic (exact) mass is 346 g/mol. The number of ether oxygens (including phenoxy) is 3. The molecule has 132 valence electrons. The van der Waals surface area contributed by atoms with Crippen molar-refractivity contribution >= 4 is 5.82 Å². The predicted molar refractivity (Wildman–Crippen MR) is 86.7 cm³/mol. The highest BCUT2D eigenvalue weighted by atomic mass is 16.7. The third-order valence-electron chi connectivity index (χ3n) is 3.32. The number of hydrogen-bond acceptors (Lipinski definition) is 9. The molecule has 1 unspecified atom stereocenters. The van der Waals surface area contributed by atoms with E-state index in [4.69, 9.17) is 19.0 Å². The zero-order chi connectivity index (χ0) is 17.6. The quantitative estimate of drug-likeness (QED) is 0.789. The number of hydrogen-bond donors (Lipinski definition) is 1. The topological polar surface area (TPSA) is 99.1 Å². The molecular formula is C16H18N4O5. The normalized spacial score (nSPS) is 16.4. The molecule has 1 aliphatic heterocycles. The Labute approximate surface area is 144 Å². The Balaban J connectivity index is 1.72. The second-order valence-electron chi connectivity index (χ2n) is 5.08. The predicted octanol–water partition coefficient (Wildman–Crippen LogP) is 1.06. The van der Waals surface area contributed by atoms with Crippen molar-refractivity contribution in [2.24, 2.45) is 0 Å². The summed E-state index contributed by atoms with van der Waals surface area (Å²) >= 11 is 0. The molecule has 0 saturated heterocycles. The summed E-state index contributed by atoms with van der Waals surface area (Å²) in [5.41, 5.74) is 0.752. The number of methoxy groups -OCH3 is 2. The van der Waals surface area contributed by atoms with Gasteiger partial charge in [-0.15, -0.1) is 10.2 Å². The van der Waals surface area contributed by atoms with Crippen LogP contribution < -0.4 is 14.5 Å². The molecule has 0 spiro atoms. The second-order valence-corrected chi connectivity index (χ2v) is 5.08. The summed E-state index contributed by atoms with van der Waals surface area (Å²) in [6.07, 6.45) is 2.20. The summed E-state index contributed by atoms with van der Waals surface area (Å²) in [7, 11) is 3.03. The second kappa shape index (κ2) is 7.77. The molecule has 0 aromatic carbocycles. The van der Waals surface area contributed by atoms with Crippen molar-refractivity contribution < 1.29 is 24.2 Å². The molecule has 3 heterocycles. The third-order valence-corrected chi connectivity index (χ3v) is 3.32. The fourth-order valence-corrected chi connectivity index (χ4v) is 2.18. The molecule has 1 N–H and O–H groups in total. The van der Waals surface area contributed by atoms with Gasteiger partial charge in [-0.3, -0.25) is 4.98 Å². The van der Waals surface area contributed by atoms with Crippen molar-refractivity contribution in [2.75, 3.05) is 25.9 Å². The summed E-state index contributed by atoms with van der Waals surface area (Å²) in [4.78, 5) is 9.65. The maximum Gasteiger partial charge on any atom is 0.276 e. The lowest BCUT2D eigenvalue weighted by atomic mass is 10.4. The number of aromatic nitrogens is 3. The van der Waals surface area contributed by atoms with Crippen molar-refractivity contribution in [1.29, 1.82) is 0 Å². The Morgan fingerprint density at radius 3 is 2.84 bits per heavy atom. The molecule has 9 heteroatoms. The van der Waals surface area contributed by atoms with E-state index in [-0.39, 0.29) is 24.9 Å². The van der Waals surface area contributed by atoms with Crippen molar-refractivity contribution in [3.63, 3.8) is 0 Å². The van der Waals surface area contributed by atoms with Crippen LogP contribution >= 0.6 is 0 Å². The Bertz CT molecular complexity index is 741. The van der Waals surface area contributed by atoms with E-state index in [1.165, 1.54) is 25.4 Å². The van der Waals surface area contributed by atoms with Crippen LogP contribution in [0.25, 0.3) is 0 Å². The van der Waals surface area contributed by atoms with E-state index in [0.717, 1.165) is 5.69 Å². The van der Waals surface area contributed by atoms with Gasteiger partial charge in [0, 0.05) is 25.4 Å². The van der Waals surface area contributed by atoms with Gasteiger partial charge in [-0.05, 0) is 12.1 Å². The van der Waals surface area contributed by atoms with E-state index in [9.17, 15) is 5.11 Å². The largest absolute Gasteiger partial charge is 0.491 e. The number of aliphatic hydroxyl groups is 1. The smallest absolute Gasteiger partial charge is 0.276 e. The summed E-state index contributed by atoms with van der Waals surface area (Å²) in [6.45, 7) is 0.469. The first-order valence-corrected chi connectivity index (χ1v) is 7.50. The average Bonchev–Trinajstić information content (AvgIpc) is 3.01. The Morgan fingerprint density at radius 2 is 2.12 bits per heavy atom. The van der Waals surface area contributed by atoms with Gasteiger partial charge < -0.3 is 24.2 Å². The molecular weight excluding hydrogens is 328 g/mol. The minimum atomic E-state index is -0.996. The van der Waals surface area contributed by atoms with Crippen LogP contribution in [-0.2, 0) is 16.2 Å². The van der Waals surface area contributed by atoms with Gasteiger partial charge in [-0.1, -0.05) is 6.07 Å². The molecule has 0 bridgehead atoms. The van der Waals surface area contributed by atoms with Crippen LogP contribution in [0.1, 0.15) is 5.69 Å². The SMILES string of the molecule is COCC1=CC(O)N(c2cc(OC)c(OCc3ccccn3)nn2)O1. The minimum absolute atomic E-state index is 0.218. The van der Waals surface area contributed by atoms with Gasteiger partial charge in [0.05, 0.1) is 12.8 Å². The zero-order valence-electron chi connectivity index (χ0n) is 13.8. The van der Waals surface area contributed by atoms with Gasteiger partial charge in [0.25, 0.3) is 5.88 Å². The molecule has 0 fully saturated rings. The average molecular weight is 346 g/mol. The Morgan fingerprint density at radius 1 is 1.24 bits per heavy atom. The third kappa shape index (κ3) is 3.95. The first-order valence-electron chi connectivity index (χ1n) is 7.50. The van der Waals surface area contributed by atoms with Crippen LogP contribution in [0, 0.1) is 0 Å². The maximum absolute atomic E-state index is 10.0. The lowest BCUT2D eigenvalue weighted by Gasteiger charge is -2.20. The number of nitrogens with zero attached hydrogens (tertiary/aromatic N) is 4. The molecule has 1 aliphatic rings. The molecule has 0 aliphatic carbocycles. The van der Waals surface area contributed by atoms with Crippen LogP contribution in [0.5, 0.6) is 11.6 Å². The standard InChI is InChI=1S/C16H18N4O5/c1-22-10-12-7-15(21)20(25-12)14-8-13(23-2)16(19-18-14)24-9-11-5-3-4-6-17-11/h3-8,15,21H,9-10H2,1-2H3. The van der Waals surface area contributed by atoms with E-state index in [1.807, 2.05) is 18.2 Å². The van der Waals surface area contributed by atoms with Gasteiger partial charge in [0.1, 0.15) is 13.2 Å². The highest BCUT2D eigenvalue weighted by molar-refractivity contribution is 5.47. The fraction of sp³-hybridized carbons (Fsp3) is 0.312. The lowest BCUT2D eigenvalue weighted by Crippen LogP contribution is -2.29. The van der Waals surface area contributed by atoms with Crippen molar-refractivity contribution in [3.8, 4) is 11.6 Å². The molecule has 2 aromatic heterocycles. The first kappa shape index (κ1) is 16.9. The van der Waals surface area contributed by atoms with Crippen LogP contribution in [0.15, 0.2) is 42.3 Å². The van der Waals surface area contributed by atoms with E-state index < -0.39 is 6.23 Å². The minimum Gasteiger partial charge on any atom is -0.491 e. The molecule has 25 heavy (non-hydrogen) atoms. The number of aliphatic hydroxyl groups excluding tert-OH is 1. The van der Waals surface area contributed by atoms with Crippen molar-refractivity contribution in [1.82, 2.24) is 15.2 Å². The molecule has 0 saturated carbocycles. The molecule has 0 radical (unpaired) electrons.